The zero-order valence-corrected chi connectivity index (χ0v) is 13.3. The molecule has 2 N–H and O–H groups in total. The smallest absolute Gasteiger partial charge is 0.262 e. The molecule has 0 fully saturated rings. The van der Waals surface area contributed by atoms with E-state index < -0.39 is 0 Å². The van der Waals surface area contributed by atoms with E-state index in [-0.39, 0.29) is 11.9 Å². The molecule has 2 aromatic rings. The monoisotopic (exact) mass is 315 g/mol. The Kier molecular flexibility index (Phi) is 5.55. The fourth-order valence-corrected chi connectivity index (χ4v) is 1.99. The van der Waals surface area contributed by atoms with Crippen LogP contribution < -0.4 is 10.7 Å². The first-order valence-electron chi connectivity index (χ1n) is 6.96. The van der Waals surface area contributed by atoms with Crippen LogP contribution in [0.15, 0.2) is 53.6 Å². The van der Waals surface area contributed by atoms with Crippen molar-refractivity contribution in [3.05, 3.63) is 64.7 Å². The van der Waals surface area contributed by atoms with Gasteiger partial charge in [-0.1, -0.05) is 35.9 Å². The van der Waals surface area contributed by atoms with Gasteiger partial charge in [0.2, 0.25) is 0 Å². The molecule has 22 heavy (non-hydrogen) atoms. The van der Waals surface area contributed by atoms with Gasteiger partial charge in [-0.15, -0.1) is 0 Å². The van der Waals surface area contributed by atoms with Crippen LogP contribution in [0.5, 0.6) is 0 Å². The number of halogens is 1. The molecule has 0 unspecified atom stereocenters. The van der Waals surface area contributed by atoms with E-state index >= 15 is 0 Å². The molecule has 0 aliphatic rings. The molecule has 0 aromatic heterocycles. The lowest BCUT2D eigenvalue weighted by molar-refractivity contribution is -0.121. The van der Waals surface area contributed by atoms with Crippen molar-refractivity contribution in [2.24, 2.45) is 5.10 Å². The second kappa shape index (κ2) is 7.61. The normalized spacial score (nSPS) is 12.1. The van der Waals surface area contributed by atoms with Crippen molar-refractivity contribution in [3.8, 4) is 0 Å². The van der Waals surface area contributed by atoms with E-state index in [1.807, 2.05) is 43.3 Å². The number of hydrogen-bond donors (Lipinski definition) is 2. The van der Waals surface area contributed by atoms with E-state index in [1.54, 1.807) is 25.3 Å². The van der Waals surface area contributed by atoms with Crippen LogP contribution in [-0.2, 0) is 4.79 Å². The minimum Gasteiger partial charge on any atom is -0.374 e. The summed E-state index contributed by atoms with van der Waals surface area (Å²) >= 11 is 5.80. The quantitative estimate of drug-likeness (QED) is 0.654. The van der Waals surface area contributed by atoms with Crippen molar-refractivity contribution >= 4 is 29.4 Å². The van der Waals surface area contributed by atoms with Gasteiger partial charge in [0.15, 0.2) is 0 Å². The maximum Gasteiger partial charge on any atom is 0.262 e. The van der Waals surface area contributed by atoms with Gasteiger partial charge < -0.3 is 5.32 Å². The summed E-state index contributed by atoms with van der Waals surface area (Å²) in [6.45, 7) is 3.79. The molecule has 4 nitrogen and oxygen atoms in total. The largest absolute Gasteiger partial charge is 0.374 e. The Morgan fingerprint density at radius 1 is 1.23 bits per heavy atom. The standard InChI is InChI=1S/C17H18ClN3O/c1-12-4-3-5-16(10-12)20-13(2)17(22)21-19-11-14-6-8-15(18)9-7-14/h3-11,13,20H,1-2H3,(H,21,22)/b19-11-/t13-/m0/s1. The Balaban J connectivity index is 1.87. The fourth-order valence-electron chi connectivity index (χ4n) is 1.87. The highest BCUT2D eigenvalue weighted by Gasteiger charge is 2.11. The predicted molar refractivity (Wildman–Crippen MR) is 91.5 cm³/mol. The van der Waals surface area contributed by atoms with Crippen molar-refractivity contribution in [1.29, 1.82) is 0 Å². The lowest BCUT2D eigenvalue weighted by Crippen LogP contribution is -2.34. The summed E-state index contributed by atoms with van der Waals surface area (Å²) in [7, 11) is 0. The van der Waals surface area contributed by atoms with Crippen molar-refractivity contribution < 1.29 is 4.79 Å². The number of benzene rings is 2. The SMILES string of the molecule is Cc1cccc(N[C@@H](C)C(=O)N/N=C\c2ccc(Cl)cc2)c1. The lowest BCUT2D eigenvalue weighted by atomic mass is 10.2. The van der Waals surface area contributed by atoms with Crippen molar-refractivity contribution in [3.63, 3.8) is 0 Å². The molecule has 0 saturated heterocycles. The number of nitrogens with one attached hydrogen (secondary N) is 2. The molecule has 0 aliphatic heterocycles. The summed E-state index contributed by atoms with van der Waals surface area (Å²) in [5.74, 6) is -0.202. The van der Waals surface area contributed by atoms with Gasteiger partial charge in [-0.2, -0.15) is 5.10 Å². The molecule has 0 spiro atoms. The number of aryl methyl sites for hydroxylation is 1. The summed E-state index contributed by atoms with van der Waals surface area (Å²) < 4.78 is 0. The van der Waals surface area contributed by atoms with Crippen molar-refractivity contribution in [2.75, 3.05) is 5.32 Å². The molecule has 2 rings (SSSR count). The highest BCUT2D eigenvalue weighted by atomic mass is 35.5. The van der Waals surface area contributed by atoms with Gasteiger partial charge in [-0.05, 0) is 49.2 Å². The van der Waals surface area contributed by atoms with Crippen LogP contribution in [0.3, 0.4) is 0 Å². The number of rotatable bonds is 5. The molecule has 0 saturated carbocycles. The number of carbonyl (C=O) groups excluding carboxylic acids is 1. The maximum atomic E-state index is 12.0. The van der Waals surface area contributed by atoms with E-state index in [9.17, 15) is 4.79 Å². The predicted octanol–water partition coefficient (Wildman–Crippen LogP) is 3.60. The molecule has 0 radical (unpaired) electrons. The van der Waals surface area contributed by atoms with Crippen LogP contribution in [0.2, 0.25) is 5.02 Å². The van der Waals surface area contributed by atoms with Crippen LogP contribution in [-0.4, -0.2) is 18.2 Å². The van der Waals surface area contributed by atoms with Crippen LogP contribution >= 0.6 is 11.6 Å². The topological polar surface area (TPSA) is 53.5 Å². The summed E-state index contributed by atoms with van der Waals surface area (Å²) in [6, 6.07) is 14.7. The summed E-state index contributed by atoms with van der Waals surface area (Å²) in [5.41, 5.74) is 5.42. The number of carbonyl (C=O) groups is 1. The second-order valence-electron chi connectivity index (χ2n) is 5.02. The lowest BCUT2D eigenvalue weighted by Gasteiger charge is -2.13. The zero-order chi connectivity index (χ0) is 15.9. The zero-order valence-electron chi connectivity index (χ0n) is 12.5. The van der Waals surface area contributed by atoms with Crippen LogP contribution in [0.25, 0.3) is 0 Å². The molecule has 2 aromatic carbocycles. The highest BCUT2D eigenvalue weighted by molar-refractivity contribution is 6.30. The number of hydrazone groups is 1. The average Bonchev–Trinajstić information content (AvgIpc) is 2.49. The third-order valence-electron chi connectivity index (χ3n) is 3.05. The van der Waals surface area contributed by atoms with Gasteiger partial charge in [0.25, 0.3) is 5.91 Å². The highest BCUT2D eigenvalue weighted by Crippen LogP contribution is 2.11. The van der Waals surface area contributed by atoms with E-state index in [2.05, 4.69) is 15.8 Å². The molecule has 0 heterocycles. The van der Waals surface area contributed by atoms with Gasteiger partial charge in [0, 0.05) is 10.7 Å². The number of amides is 1. The van der Waals surface area contributed by atoms with Gasteiger partial charge in [0.1, 0.15) is 6.04 Å². The van der Waals surface area contributed by atoms with Gasteiger partial charge in [-0.3, -0.25) is 4.79 Å². The Labute approximate surface area is 135 Å². The Bertz CT molecular complexity index is 668. The summed E-state index contributed by atoms with van der Waals surface area (Å²) in [6.07, 6.45) is 1.58. The second-order valence-corrected chi connectivity index (χ2v) is 5.46. The molecule has 0 bridgehead atoms. The Morgan fingerprint density at radius 2 is 1.95 bits per heavy atom. The Morgan fingerprint density at radius 3 is 2.64 bits per heavy atom. The van der Waals surface area contributed by atoms with E-state index in [1.165, 1.54) is 0 Å². The molecule has 1 atom stereocenters. The van der Waals surface area contributed by atoms with Crippen LogP contribution in [0.4, 0.5) is 5.69 Å². The molecule has 0 aliphatic carbocycles. The molecular formula is C17H18ClN3O. The first-order valence-corrected chi connectivity index (χ1v) is 7.34. The van der Waals surface area contributed by atoms with Gasteiger partial charge in [0.05, 0.1) is 6.21 Å². The Hall–Kier alpha value is -2.33. The third kappa shape index (κ3) is 4.90. The van der Waals surface area contributed by atoms with E-state index in [0.717, 1.165) is 16.8 Å². The van der Waals surface area contributed by atoms with E-state index in [4.69, 9.17) is 11.6 Å². The summed E-state index contributed by atoms with van der Waals surface area (Å²) in [5, 5.41) is 7.74. The van der Waals surface area contributed by atoms with Crippen molar-refractivity contribution in [1.82, 2.24) is 5.43 Å². The van der Waals surface area contributed by atoms with Crippen LogP contribution in [0.1, 0.15) is 18.1 Å². The number of hydrogen-bond acceptors (Lipinski definition) is 3. The maximum absolute atomic E-state index is 12.0. The third-order valence-corrected chi connectivity index (χ3v) is 3.30. The number of anilines is 1. The van der Waals surface area contributed by atoms with Gasteiger partial charge in [-0.25, -0.2) is 5.43 Å². The minimum atomic E-state index is -0.385. The molecule has 114 valence electrons. The first-order chi connectivity index (χ1) is 10.5. The fraction of sp³-hybridized carbons (Fsp3) is 0.176. The minimum absolute atomic E-state index is 0.202. The van der Waals surface area contributed by atoms with E-state index in [0.29, 0.717) is 5.02 Å². The molecule has 1 amide bonds. The number of nitrogens with zero attached hydrogens (tertiary/aromatic N) is 1. The van der Waals surface area contributed by atoms with Crippen LogP contribution in [0, 0.1) is 6.92 Å². The molecular weight excluding hydrogens is 298 g/mol. The average molecular weight is 316 g/mol. The first kappa shape index (κ1) is 16.0. The van der Waals surface area contributed by atoms with Crippen molar-refractivity contribution in [2.45, 2.75) is 19.9 Å². The molecule has 5 heteroatoms. The van der Waals surface area contributed by atoms with Gasteiger partial charge >= 0.3 is 0 Å². The summed E-state index contributed by atoms with van der Waals surface area (Å²) in [4.78, 5) is 12.0.